The number of carbonyl (C=O) groups excluding carboxylic acids is 1. The molecule has 4 rings (SSSR count). The Hall–Kier alpha value is -3.52. The molecular weight excluding hydrogens is 590 g/mol. The van der Waals surface area contributed by atoms with Gasteiger partial charge < -0.3 is 15.6 Å². The Balaban J connectivity index is 1.50. The molecule has 238 valence electrons. The van der Waals surface area contributed by atoms with E-state index in [0.29, 0.717) is 49.4 Å². The molecule has 0 unspecified atom stereocenters. The number of nitrogens with zero attached hydrogens (tertiary/aromatic N) is 3. The van der Waals surface area contributed by atoms with E-state index < -0.39 is 23.5 Å². The summed E-state index contributed by atoms with van der Waals surface area (Å²) in [6.45, 7) is 5.47. The zero-order chi connectivity index (χ0) is 32.1. The van der Waals surface area contributed by atoms with Crippen LogP contribution in [0.4, 0.5) is 26.3 Å². The number of benzene rings is 2. The SMILES string of the molecule is Cc1cc(CN2CCN(Cc3ccncc3)C[C@@H]2CC(=O)OCCN)ccc1-c1ccc(C(O)(C(F)(F)F)C(F)(F)F)cc1. The number of nitrogens with two attached hydrogens (primary N) is 1. The maximum absolute atomic E-state index is 13.3. The van der Waals surface area contributed by atoms with Gasteiger partial charge in [0.2, 0.25) is 0 Å². The van der Waals surface area contributed by atoms with Crippen molar-refractivity contribution in [2.45, 2.75) is 50.4 Å². The van der Waals surface area contributed by atoms with Gasteiger partial charge in [0.15, 0.2) is 0 Å². The molecule has 0 amide bonds. The topological polar surface area (TPSA) is 91.9 Å². The fraction of sp³-hybridized carbons (Fsp3) is 0.419. The van der Waals surface area contributed by atoms with Gasteiger partial charge in [-0.2, -0.15) is 26.3 Å². The second-order valence-corrected chi connectivity index (χ2v) is 10.9. The van der Waals surface area contributed by atoms with Crippen LogP contribution in [0.5, 0.6) is 0 Å². The Bertz CT molecular complexity index is 1390. The zero-order valence-corrected chi connectivity index (χ0v) is 24.0. The molecule has 1 atom stereocenters. The van der Waals surface area contributed by atoms with Crippen LogP contribution in [0, 0.1) is 6.92 Å². The number of halogens is 6. The van der Waals surface area contributed by atoms with Crippen LogP contribution < -0.4 is 5.73 Å². The first-order valence-corrected chi connectivity index (χ1v) is 14.0. The van der Waals surface area contributed by atoms with Crippen molar-refractivity contribution >= 4 is 5.97 Å². The molecule has 0 radical (unpaired) electrons. The van der Waals surface area contributed by atoms with Gasteiger partial charge in [0.1, 0.15) is 6.61 Å². The molecule has 1 saturated heterocycles. The van der Waals surface area contributed by atoms with Crippen LogP contribution >= 0.6 is 0 Å². The Morgan fingerprint density at radius 1 is 0.955 bits per heavy atom. The third kappa shape index (κ3) is 7.57. The average molecular weight is 625 g/mol. The van der Waals surface area contributed by atoms with Crippen LogP contribution in [-0.4, -0.2) is 77.0 Å². The molecule has 1 aliphatic rings. The highest BCUT2D eigenvalue weighted by molar-refractivity contribution is 5.70. The summed E-state index contributed by atoms with van der Waals surface area (Å²) in [6, 6.07) is 12.8. The van der Waals surface area contributed by atoms with Gasteiger partial charge in [0.05, 0.1) is 6.42 Å². The normalized spacial score (nSPS) is 17.1. The molecule has 1 fully saturated rings. The van der Waals surface area contributed by atoms with Crippen LogP contribution in [0.25, 0.3) is 11.1 Å². The van der Waals surface area contributed by atoms with Crippen molar-refractivity contribution in [2.75, 3.05) is 32.8 Å². The molecule has 7 nitrogen and oxygen atoms in total. The smallest absolute Gasteiger partial charge is 0.430 e. The van der Waals surface area contributed by atoms with E-state index in [4.69, 9.17) is 10.5 Å². The molecule has 0 saturated carbocycles. The minimum absolute atomic E-state index is 0.135. The third-order valence-electron chi connectivity index (χ3n) is 7.74. The van der Waals surface area contributed by atoms with Gasteiger partial charge in [-0.3, -0.25) is 19.6 Å². The fourth-order valence-electron chi connectivity index (χ4n) is 5.43. The molecule has 44 heavy (non-hydrogen) atoms. The van der Waals surface area contributed by atoms with E-state index in [0.717, 1.165) is 35.4 Å². The zero-order valence-electron chi connectivity index (χ0n) is 24.0. The standard InChI is InChI=1S/C31H34F6N4O3/c1-21-16-23(2-7-27(21)24-3-5-25(6-4-24)29(43,30(32,33)34)31(35,36)37)19-41-14-13-40(18-22-8-11-39-12-9-22)20-26(41)17-28(42)44-15-10-38/h2-9,11-12,16,26,43H,10,13-15,17-20,38H2,1H3/t26-/m0/s1. The number of hydrogen-bond donors (Lipinski definition) is 2. The molecule has 1 aromatic heterocycles. The number of pyridine rings is 1. The van der Waals surface area contributed by atoms with Crippen molar-refractivity contribution in [2.24, 2.45) is 5.73 Å². The van der Waals surface area contributed by atoms with Gasteiger partial charge in [0.25, 0.3) is 5.60 Å². The van der Waals surface area contributed by atoms with E-state index in [-0.39, 0.29) is 31.6 Å². The van der Waals surface area contributed by atoms with Crippen LogP contribution in [-0.2, 0) is 28.2 Å². The second-order valence-electron chi connectivity index (χ2n) is 10.9. The monoisotopic (exact) mass is 624 g/mol. The molecule has 0 aliphatic carbocycles. The lowest BCUT2D eigenvalue weighted by Crippen LogP contribution is -2.53. The highest BCUT2D eigenvalue weighted by Gasteiger charge is 2.71. The van der Waals surface area contributed by atoms with Crippen LogP contribution in [0.1, 0.15) is 28.7 Å². The number of alkyl halides is 6. The van der Waals surface area contributed by atoms with Crippen molar-refractivity contribution in [3.8, 4) is 11.1 Å². The number of aliphatic hydroxyl groups is 1. The molecular formula is C31H34F6N4O3. The van der Waals surface area contributed by atoms with Crippen LogP contribution in [0.3, 0.4) is 0 Å². The van der Waals surface area contributed by atoms with E-state index in [1.165, 1.54) is 0 Å². The number of hydrogen-bond acceptors (Lipinski definition) is 7. The lowest BCUT2D eigenvalue weighted by atomic mass is 9.90. The van der Waals surface area contributed by atoms with E-state index in [1.807, 2.05) is 24.3 Å². The summed E-state index contributed by atoms with van der Waals surface area (Å²) in [6.07, 6.45) is -8.25. The van der Waals surface area contributed by atoms with Gasteiger partial charge >= 0.3 is 18.3 Å². The summed E-state index contributed by atoms with van der Waals surface area (Å²) >= 11 is 0. The van der Waals surface area contributed by atoms with Gasteiger partial charge in [-0.1, -0.05) is 42.5 Å². The number of piperazine rings is 1. The molecule has 3 N–H and O–H groups in total. The Labute approximate surface area is 251 Å². The summed E-state index contributed by atoms with van der Waals surface area (Å²) in [4.78, 5) is 21.0. The van der Waals surface area contributed by atoms with Gasteiger partial charge in [-0.05, 0) is 46.9 Å². The Morgan fingerprint density at radius 3 is 2.20 bits per heavy atom. The highest BCUT2D eigenvalue weighted by Crippen LogP contribution is 2.50. The van der Waals surface area contributed by atoms with Crippen molar-refractivity contribution in [3.63, 3.8) is 0 Å². The molecule has 13 heteroatoms. The van der Waals surface area contributed by atoms with Crippen molar-refractivity contribution in [3.05, 3.63) is 89.2 Å². The van der Waals surface area contributed by atoms with Crippen molar-refractivity contribution < 1.29 is 41.0 Å². The van der Waals surface area contributed by atoms with E-state index in [9.17, 15) is 36.2 Å². The summed E-state index contributed by atoms with van der Waals surface area (Å²) in [5.41, 5.74) is 2.99. The number of esters is 1. The first-order valence-electron chi connectivity index (χ1n) is 14.0. The molecule has 3 aromatic rings. The predicted octanol–water partition coefficient (Wildman–Crippen LogP) is 4.95. The predicted molar refractivity (Wildman–Crippen MR) is 151 cm³/mol. The summed E-state index contributed by atoms with van der Waals surface area (Å²) in [7, 11) is 0. The fourth-order valence-corrected chi connectivity index (χ4v) is 5.43. The average Bonchev–Trinajstić information content (AvgIpc) is 2.96. The maximum atomic E-state index is 13.3. The largest absolute Gasteiger partial charge is 0.464 e. The second kappa shape index (κ2) is 13.6. The van der Waals surface area contributed by atoms with E-state index in [2.05, 4.69) is 14.8 Å². The van der Waals surface area contributed by atoms with Gasteiger partial charge in [-0.25, -0.2) is 0 Å². The maximum Gasteiger partial charge on any atom is 0.430 e. The minimum atomic E-state index is -5.95. The number of aromatic nitrogens is 1. The first-order chi connectivity index (χ1) is 20.7. The Kier molecular flexibility index (Phi) is 10.3. The quantitative estimate of drug-likeness (QED) is 0.244. The third-order valence-corrected chi connectivity index (χ3v) is 7.74. The van der Waals surface area contributed by atoms with E-state index in [1.54, 1.807) is 25.4 Å². The van der Waals surface area contributed by atoms with Crippen molar-refractivity contribution in [1.29, 1.82) is 0 Å². The summed E-state index contributed by atoms with van der Waals surface area (Å²) in [5, 5.41) is 9.68. The molecule has 0 bridgehead atoms. The first kappa shape index (κ1) is 33.4. The Morgan fingerprint density at radius 2 is 1.61 bits per heavy atom. The summed E-state index contributed by atoms with van der Waals surface area (Å²) < 4.78 is 84.9. The number of rotatable bonds is 10. The minimum Gasteiger partial charge on any atom is -0.464 e. The van der Waals surface area contributed by atoms with Gasteiger partial charge in [-0.15, -0.1) is 0 Å². The van der Waals surface area contributed by atoms with Crippen molar-refractivity contribution in [1.82, 2.24) is 14.8 Å². The molecule has 0 spiro atoms. The van der Waals surface area contributed by atoms with Crippen LogP contribution in [0.15, 0.2) is 67.0 Å². The van der Waals surface area contributed by atoms with E-state index >= 15 is 0 Å². The molecule has 2 heterocycles. The number of aryl methyl sites for hydroxylation is 1. The van der Waals surface area contributed by atoms with Gasteiger partial charge in [0, 0.05) is 63.3 Å². The summed E-state index contributed by atoms with van der Waals surface area (Å²) in [5.74, 6) is -0.339. The number of carbonyl (C=O) groups is 1. The molecule has 1 aliphatic heterocycles. The highest BCUT2D eigenvalue weighted by atomic mass is 19.4. The number of ether oxygens (including phenoxy) is 1. The lowest BCUT2D eigenvalue weighted by Gasteiger charge is -2.41. The molecule has 2 aromatic carbocycles. The van der Waals surface area contributed by atoms with Crippen LogP contribution in [0.2, 0.25) is 0 Å². The lowest BCUT2D eigenvalue weighted by molar-refractivity contribution is -0.376.